The molecule has 0 radical (unpaired) electrons. The van der Waals surface area contributed by atoms with Crippen molar-refractivity contribution < 1.29 is 14.3 Å². The molecule has 2 aromatic carbocycles. The molecule has 29 heavy (non-hydrogen) atoms. The third kappa shape index (κ3) is 6.93. The molecule has 0 aliphatic carbocycles. The first-order valence-electron chi connectivity index (χ1n) is 10.2. The molecule has 0 aliphatic heterocycles. The van der Waals surface area contributed by atoms with Crippen molar-refractivity contribution in [2.75, 3.05) is 7.11 Å². The topological polar surface area (TPSA) is 58.6 Å². The minimum Gasteiger partial charge on any atom is -0.497 e. The number of rotatable bonds is 10. The van der Waals surface area contributed by atoms with E-state index in [1.807, 2.05) is 68.4 Å². The van der Waals surface area contributed by atoms with E-state index in [2.05, 4.69) is 5.32 Å². The van der Waals surface area contributed by atoms with Gasteiger partial charge < -0.3 is 15.0 Å². The zero-order valence-electron chi connectivity index (χ0n) is 17.9. The zero-order valence-corrected chi connectivity index (χ0v) is 17.9. The Morgan fingerprint density at radius 1 is 1.03 bits per heavy atom. The summed E-state index contributed by atoms with van der Waals surface area (Å²) in [5, 5.41) is 2.99. The smallest absolute Gasteiger partial charge is 0.242 e. The molecule has 156 valence electrons. The highest BCUT2D eigenvalue weighted by Gasteiger charge is 2.26. The molecule has 0 aromatic heterocycles. The SMILES string of the molecule is CC[C@@H](C)NC(=O)[C@@H](C)N(Cc1cccc(OC)c1)C(=O)CCc1ccccc1. The summed E-state index contributed by atoms with van der Waals surface area (Å²) >= 11 is 0. The van der Waals surface area contributed by atoms with Crippen LogP contribution in [0.1, 0.15) is 44.7 Å². The Morgan fingerprint density at radius 2 is 1.72 bits per heavy atom. The van der Waals surface area contributed by atoms with E-state index < -0.39 is 6.04 Å². The minimum absolute atomic E-state index is 0.0384. The summed E-state index contributed by atoms with van der Waals surface area (Å²) in [5.74, 6) is 0.565. The number of nitrogens with zero attached hydrogens (tertiary/aromatic N) is 1. The second-order valence-corrected chi connectivity index (χ2v) is 7.35. The van der Waals surface area contributed by atoms with Crippen LogP contribution in [0.3, 0.4) is 0 Å². The Morgan fingerprint density at radius 3 is 2.38 bits per heavy atom. The van der Waals surface area contributed by atoms with E-state index in [0.717, 1.165) is 23.3 Å². The molecule has 0 saturated carbocycles. The first-order chi connectivity index (χ1) is 13.9. The van der Waals surface area contributed by atoms with Crippen LogP contribution in [-0.2, 0) is 22.6 Å². The summed E-state index contributed by atoms with van der Waals surface area (Å²) in [6.07, 6.45) is 1.85. The number of methoxy groups -OCH3 is 1. The lowest BCUT2D eigenvalue weighted by atomic mass is 10.1. The van der Waals surface area contributed by atoms with Crippen LogP contribution in [0.5, 0.6) is 5.75 Å². The molecule has 0 bridgehead atoms. The average Bonchev–Trinajstić information content (AvgIpc) is 2.76. The molecule has 2 amide bonds. The van der Waals surface area contributed by atoms with Crippen molar-refractivity contribution in [3.63, 3.8) is 0 Å². The predicted octanol–water partition coefficient (Wildman–Crippen LogP) is 3.96. The fourth-order valence-electron chi connectivity index (χ4n) is 3.06. The fourth-order valence-corrected chi connectivity index (χ4v) is 3.06. The van der Waals surface area contributed by atoms with Crippen LogP contribution in [0, 0.1) is 0 Å². The van der Waals surface area contributed by atoms with E-state index in [-0.39, 0.29) is 17.9 Å². The van der Waals surface area contributed by atoms with Crippen LogP contribution in [0.25, 0.3) is 0 Å². The summed E-state index contributed by atoms with van der Waals surface area (Å²) in [6.45, 7) is 6.14. The molecular weight excluding hydrogens is 364 g/mol. The Balaban J connectivity index is 2.16. The van der Waals surface area contributed by atoms with Crippen molar-refractivity contribution in [3.05, 3.63) is 65.7 Å². The van der Waals surface area contributed by atoms with Gasteiger partial charge in [0.25, 0.3) is 0 Å². The molecule has 0 aliphatic rings. The molecule has 0 fully saturated rings. The van der Waals surface area contributed by atoms with Gasteiger partial charge in [-0.3, -0.25) is 9.59 Å². The van der Waals surface area contributed by atoms with Crippen molar-refractivity contribution in [2.45, 2.75) is 58.7 Å². The van der Waals surface area contributed by atoms with Crippen LogP contribution in [0.2, 0.25) is 0 Å². The van der Waals surface area contributed by atoms with E-state index in [9.17, 15) is 9.59 Å². The molecule has 0 spiro atoms. The number of carbonyl (C=O) groups is 2. The molecule has 5 nitrogen and oxygen atoms in total. The summed E-state index contributed by atoms with van der Waals surface area (Å²) in [4.78, 5) is 27.5. The monoisotopic (exact) mass is 396 g/mol. The Hall–Kier alpha value is -2.82. The van der Waals surface area contributed by atoms with Gasteiger partial charge in [0.2, 0.25) is 11.8 Å². The van der Waals surface area contributed by atoms with Crippen molar-refractivity contribution >= 4 is 11.8 Å². The molecular formula is C24H32N2O3. The standard InChI is InChI=1S/C24H32N2O3/c1-5-18(2)25-24(28)19(3)26(17-21-12-9-13-22(16-21)29-4)23(27)15-14-20-10-7-6-8-11-20/h6-13,16,18-19H,5,14-15,17H2,1-4H3,(H,25,28)/t18-,19-/m1/s1. The first-order valence-corrected chi connectivity index (χ1v) is 10.2. The lowest BCUT2D eigenvalue weighted by molar-refractivity contribution is -0.140. The van der Waals surface area contributed by atoms with Crippen molar-refractivity contribution in [3.8, 4) is 5.75 Å². The van der Waals surface area contributed by atoms with E-state index in [1.54, 1.807) is 18.9 Å². The van der Waals surface area contributed by atoms with Gasteiger partial charge >= 0.3 is 0 Å². The largest absolute Gasteiger partial charge is 0.497 e. The van der Waals surface area contributed by atoms with Crippen LogP contribution in [0.4, 0.5) is 0 Å². The highest BCUT2D eigenvalue weighted by molar-refractivity contribution is 5.87. The molecule has 0 unspecified atom stereocenters. The van der Waals surface area contributed by atoms with Gasteiger partial charge in [-0.05, 0) is 49.9 Å². The maximum Gasteiger partial charge on any atom is 0.242 e. The van der Waals surface area contributed by atoms with Gasteiger partial charge in [0, 0.05) is 19.0 Å². The summed E-state index contributed by atoms with van der Waals surface area (Å²) < 4.78 is 5.29. The number of hydrogen-bond donors (Lipinski definition) is 1. The van der Waals surface area contributed by atoms with Gasteiger partial charge in [0.05, 0.1) is 7.11 Å². The van der Waals surface area contributed by atoms with E-state index >= 15 is 0 Å². The molecule has 2 atom stereocenters. The van der Waals surface area contributed by atoms with Crippen LogP contribution in [-0.4, -0.2) is 35.9 Å². The van der Waals surface area contributed by atoms with Crippen molar-refractivity contribution in [1.29, 1.82) is 0 Å². The first kappa shape index (κ1) is 22.5. The lowest BCUT2D eigenvalue weighted by Crippen LogP contribution is -2.49. The molecule has 5 heteroatoms. The zero-order chi connectivity index (χ0) is 21.2. The van der Waals surface area contributed by atoms with Gasteiger partial charge in [0.15, 0.2) is 0 Å². The highest BCUT2D eigenvalue weighted by atomic mass is 16.5. The number of carbonyl (C=O) groups excluding carboxylic acids is 2. The number of benzene rings is 2. The van der Waals surface area contributed by atoms with E-state index in [1.165, 1.54) is 0 Å². The molecule has 1 N–H and O–H groups in total. The number of amides is 2. The molecule has 0 saturated heterocycles. The number of nitrogens with one attached hydrogen (secondary N) is 1. The quantitative estimate of drug-likeness (QED) is 0.661. The second kappa shape index (κ2) is 11.2. The van der Waals surface area contributed by atoms with Crippen molar-refractivity contribution in [1.82, 2.24) is 10.2 Å². The van der Waals surface area contributed by atoms with Crippen LogP contribution >= 0.6 is 0 Å². The second-order valence-electron chi connectivity index (χ2n) is 7.35. The summed E-state index contributed by atoms with van der Waals surface area (Å²) in [6, 6.07) is 17.0. The predicted molar refractivity (Wildman–Crippen MR) is 116 cm³/mol. The summed E-state index contributed by atoms with van der Waals surface area (Å²) in [5.41, 5.74) is 2.04. The van der Waals surface area contributed by atoms with E-state index in [0.29, 0.717) is 19.4 Å². The Kier molecular flexibility index (Phi) is 8.71. The highest BCUT2D eigenvalue weighted by Crippen LogP contribution is 2.17. The Bertz CT molecular complexity index is 792. The molecule has 2 rings (SSSR count). The minimum atomic E-state index is -0.557. The van der Waals surface area contributed by atoms with Gasteiger partial charge in [-0.25, -0.2) is 0 Å². The maximum atomic E-state index is 13.1. The van der Waals surface area contributed by atoms with Crippen molar-refractivity contribution in [2.24, 2.45) is 0 Å². The Labute approximate surface area is 174 Å². The van der Waals surface area contributed by atoms with Crippen LogP contribution < -0.4 is 10.1 Å². The lowest BCUT2D eigenvalue weighted by Gasteiger charge is -2.30. The van der Waals surface area contributed by atoms with Crippen LogP contribution in [0.15, 0.2) is 54.6 Å². The van der Waals surface area contributed by atoms with Gasteiger partial charge in [0.1, 0.15) is 11.8 Å². The third-order valence-electron chi connectivity index (χ3n) is 5.13. The molecule has 0 heterocycles. The maximum absolute atomic E-state index is 13.1. The van der Waals surface area contributed by atoms with Gasteiger partial charge in [-0.2, -0.15) is 0 Å². The number of ether oxygens (including phenoxy) is 1. The molecule has 2 aromatic rings. The average molecular weight is 397 g/mol. The van der Waals surface area contributed by atoms with Gasteiger partial charge in [-0.15, -0.1) is 0 Å². The third-order valence-corrected chi connectivity index (χ3v) is 5.13. The van der Waals surface area contributed by atoms with Gasteiger partial charge in [-0.1, -0.05) is 49.4 Å². The van der Waals surface area contributed by atoms with E-state index in [4.69, 9.17) is 4.74 Å². The number of aryl methyl sites for hydroxylation is 1. The number of hydrogen-bond acceptors (Lipinski definition) is 3. The summed E-state index contributed by atoms with van der Waals surface area (Å²) in [7, 11) is 1.62. The fraction of sp³-hybridized carbons (Fsp3) is 0.417. The normalized spacial score (nSPS) is 12.7.